The standard InChI is InChI=1S/C17H20FN3O2S/c1-11(23-2)16-19-17(24-20-16)21-9-3-4-14(21)10-15(22)12-5-7-13(18)8-6-12/h5-8,11,14H,3-4,9-10H2,1-2H3/t11-,14+/m1/s1. The molecular formula is C17H20FN3O2S. The molecule has 24 heavy (non-hydrogen) atoms. The number of aromatic nitrogens is 2. The first-order valence-corrected chi connectivity index (χ1v) is 8.77. The summed E-state index contributed by atoms with van der Waals surface area (Å²) in [5, 5.41) is 0.836. The van der Waals surface area contributed by atoms with Crippen LogP contribution in [0.2, 0.25) is 0 Å². The number of methoxy groups -OCH3 is 1. The highest BCUT2D eigenvalue weighted by Gasteiger charge is 2.30. The number of ketones is 1. The molecule has 1 aromatic heterocycles. The second-order valence-corrected chi connectivity index (χ2v) is 6.67. The fourth-order valence-corrected chi connectivity index (χ4v) is 3.73. The summed E-state index contributed by atoms with van der Waals surface area (Å²) in [5.74, 6) is 0.373. The smallest absolute Gasteiger partial charge is 0.205 e. The van der Waals surface area contributed by atoms with Gasteiger partial charge in [-0.2, -0.15) is 4.37 Å². The van der Waals surface area contributed by atoms with Gasteiger partial charge in [-0.1, -0.05) is 0 Å². The molecule has 128 valence electrons. The minimum atomic E-state index is -0.331. The van der Waals surface area contributed by atoms with Crippen LogP contribution in [0.3, 0.4) is 0 Å². The van der Waals surface area contributed by atoms with Gasteiger partial charge in [0.05, 0.1) is 0 Å². The minimum absolute atomic E-state index is 0.0295. The SMILES string of the molecule is CO[C@H](C)c1nsc(N2CCC[C@H]2CC(=O)c2ccc(F)cc2)n1. The van der Waals surface area contributed by atoms with Crippen molar-refractivity contribution in [2.45, 2.75) is 38.3 Å². The monoisotopic (exact) mass is 349 g/mol. The van der Waals surface area contributed by atoms with Crippen LogP contribution in [0.4, 0.5) is 9.52 Å². The Morgan fingerprint density at radius 3 is 2.92 bits per heavy atom. The van der Waals surface area contributed by atoms with Gasteiger partial charge in [-0.3, -0.25) is 4.79 Å². The predicted octanol–water partition coefficient (Wildman–Crippen LogP) is 3.63. The molecule has 2 atom stereocenters. The summed E-state index contributed by atoms with van der Waals surface area (Å²) in [6.45, 7) is 2.78. The largest absolute Gasteiger partial charge is 0.374 e. The molecule has 3 rings (SSSR count). The van der Waals surface area contributed by atoms with Crippen LogP contribution in [-0.2, 0) is 4.74 Å². The summed E-state index contributed by atoms with van der Waals surface area (Å²) in [7, 11) is 1.63. The van der Waals surface area contributed by atoms with Crippen molar-refractivity contribution in [1.82, 2.24) is 9.36 Å². The number of halogens is 1. The van der Waals surface area contributed by atoms with Gasteiger partial charge in [-0.05, 0) is 44.0 Å². The van der Waals surface area contributed by atoms with Crippen LogP contribution in [0.25, 0.3) is 0 Å². The van der Waals surface area contributed by atoms with E-state index in [1.807, 2.05) is 6.92 Å². The lowest BCUT2D eigenvalue weighted by Gasteiger charge is -2.23. The first kappa shape index (κ1) is 17.0. The van der Waals surface area contributed by atoms with Crippen LogP contribution in [-0.4, -0.2) is 34.8 Å². The van der Waals surface area contributed by atoms with E-state index >= 15 is 0 Å². The second-order valence-electron chi connectivity index (χ2n) is 5.94. The number of hydrogen-bond acceptors (Lipinski definition) is 6. The van der Waals surface area contributed by atoms with Gasteiger partial charge in [-0.25, -0.2) is 9.37 Å². The lowest BCUT2D eigenvalue weighted by molar-refractivity contribution is 0.0974. The number of hydrogen-bond donors (Lipinski definition) is 0. The fraction of sp³-hybridized carbons (Fsp3) is 0.471. The van der Waals surface area contributed by atoms with Gasteiger partial charge in [-0.15, -0.1) is 0 Å². The molecule has 1 fully saturated rings. The number of rotatable bonds is 6. The van der Waals surface area contributed by atoms with Crippen molar-refractivity contribution in [3.8, 4) is 0 Å². The summed E-state index contributed by atoms with van der Waals surface area (Å²) in [5.41, 5.74) is 0.550. The van der Waals surface area contributed by atoms with Gasteiger partial charge in [0, 0.05) is 43.2 Å². The van der Waals surface area contributed by atoms with E-state index in [2.05, 4.69) is 14.3 Å². The highest BCUT2D eigenvalue weighted by Crippen LogP contribution is 2.30. The van der Waals surface area contributed by atoms with Crippen molar-refractivity contribution in [2.24, 2.45) is 0 Å². The maximum atomic E-state index is 13.0. The second kappa shape index (κ2) is 7.36. The maximum absolute atomic E-state index is 13.0. The van der Waals surface area contributed by atoms with E-state index in [0.29, 0.717) is 17.8 Å². The zero-order valence-electron chi connectivity index (χ0n) is 13.7. The Balaban J connectivity index is 1.70. The van der Waals surface area contributed by atoms with E-state index in [0.717, 1.165) is 24.5 Å². The molecule has 0 aliphatic carbocycles. The molecule has 2 heterocycles. The Labute approximate surface area is 144 Å². The maximum Gasteiger partial charge on any atom is 0.205 e. The van der Waals surface area contributed by atoms with Crippen molar-refractivity contribution in [3.63, 3.8) is 0 Å². The van der Waals surface area contributed by atoms with Crippen molar-refractivity contribution >= 4 is 22.4 Å². The molecule has 0 radical (unpaired) electrons. The molecule has 0 amide bonds. The van der Waals surface area contributed by atoms with E-state index < -0.39 is 0 Å². The molecular weight excluding hydrogens is 329 g/mol. The fourth-order valence-electron chi connectivity index (χ4n) is 2.88. The topological polar surface area (TPSA) is 55.3 Å². The highest BCUT2D eigenvalue weighted by atomic mass is 32.1. The quantitative estimate of drug-likeness (QED) is 0.746. The molecule has 2 aromatic rings. The summed E-state index contributed by atoms with van der Waals surface area (Å²) < 4.78 is 22.6. The Morgan fingerprint density at radius 1 is 1.46 bits per heavy atom. The average molecular weight is 349 g/mol. The van der Waals surface area contributed by atoms with Gasteiger partial charge in [0.2, 0.25) is 5.13 Å². The van der Waals surface area contributed by atoms with Gasteiger partial charge in [0.15, 0.2) is 11.6 Å². The van der Waals surface area contributed by atoms with Gasteiger partial charge in [0.25, 0.3) is 0 Å². The number of anilines is 1. The molecule has 0 saturated carbocycles. The van der Waals surface area contributed by atoms with Crippen LogP contribution in [0, 0.1) is 5.82 Å². The van der Waals surface area contributed by atoms with E-state index in [4.69, 9.17) is 4.74 Å². The Hall–Kier alpha value is -1.86. The number of ether oxygens (including phenoxy) is 1. The number of benzene rings is 1. The number of carbonyl (C=O) groups is 1. The van der Waals surface area contributed by atoms with Crippen molar-refractivity contribution in [1.29, 1.82) is 0 Å². The van der Waals surface area contributed by atoms with Crippen molar-refractivity contribution < 1.29 is 13.9 Å². The normalized spacial score (nSPS) is 18.8. The Morgan fingerprint density at radius 2 is 2.21 bits per heavy atom. The zero-order chi connectivity index (χ0) is 17.1. The summed E-state index contributed by atoms with van der Waals surface area (Å²) in [4.78, 5) is 19.2. The molecule has 1 aliphatic heterocycles. The Kier molecular flexibility index (Phi) is 5.20. The number of carbonyl (C=O) groups excluding carboxylic acids is 1. The lowest BCUT2D eigenvalue weighted by atomic mass is 10.0. The molecule has 1 aromatic carbocycles. The molecule has 1 aliphatic rings. The third-order valence-corrected chi connectivity index (χ3v) is 5.13. The van der Waals surface area contributed by atoms with E-state index in [1.165, 1.54) is 23.7 Å². The van der Waals surface area contributed by atoms with Crippen LogP contribution in [0.5, 0.6) is 0 Å². The predicted molar refractivity (Wildman–Crippen MR) is 91.0 cm³/mol. The molecule has 0 unspecified atom stereocenters. The summed E-state index contributed by atoms with van der Waals surface area (Å²) >= 11 is 1.34. The lowest BCUT2D eigenvalue weighted by Crippen LogP contribution is -2.31. The third-order valence-electron chi connectivity index (χ3n) is 4.36. The van der Waals surface area contributed by atoms with Crippen LogP contribution in [0.1, 0.15) is 48.5 Å². The van der Waals surface area contributed by atoms with E-state index in [1.54, 1.807) is 19.2 Å². The van der Waals surface area contributed by atoms with Crippen LogP contribution >= 0.6 is 11.5 Å². The van der Waals surface area contributed by atoms with E-state index in [-0.39, 0.29) is 23.7 Å². The average Bonchev–Trinajstić information content (AvgIpc) is 3.23. The number of nitrogens with zero attached hydrogens (tertiary/aromatic N) is 3. The molecule has 0 bridgehead atoms. The van der Waals surface area contributed by atoms with Crippen LogP contribution < -0.4 is 4.90 Å². The van der Waals surface area contributed by atoms with Crippen LogP contribution in [0.15, 0.2) is 24.3 Å². The highest BCUT2D eigenvalue weighted by molar-refractivity contribution is 7.09. The van der Waals surface area contributed by atoms with Gasteiger partial charge in [0.1, 0.15) is 11.9 Å². The van der Waals surface area contributed by atoms with Gasteiger partial charge < -0.3 is 9.64 Å². The summed E-state index contributed by atoms with van der Waals surface area (Å²) in [6, 6.07) is 5.84. The molecule has 7 heteroatoms. The minimum Gasteiger partial charge on any atom is -0.374 e. The molecule has 5 nitrogen and oxygen atoms in total. The first-order chi connectivity index (χ1) is 11.6. The third kappa shape index (κ3) is 3.62. The zero-order valence-corrected chi connectivity index (χ0v) is 14.6. The molecule has 0 N–H and O–H groups in total. The molecule has 1 saturated heterocycles. The first-order valence-electron chi connectivity index (χ1n) is 8.00. The molecule has 0 spiro atoms. The number of Topliss-reactive ketones (excluding diaryl/α,β-unsaturated/α-hetero) is 1. The summed E-state index contributed by atoms with van der Waals surface area (Å²) in [6.07, 6.45) is 2.23. The Bertz CT molecular complexity index is 704. The van der Waals surface area contributed by atoms with Crippen molar-refractivity contribution in [2.75, 3.05) is 18.6 Å². The van der Waals surface area contributed by atoms with E-state index in [9.17, 15) is 9.18 Å². The van der Waals surface area contributed by atoms with Crippen molar-refractivity contribution in [3.05, 3.63) is 41.5 Å². The van der Waals surface area contributed by atoms with Gasteiger partial charge >= 0.3 is 0 Å².